The van der Waals surface area contributed by atoms with Gasteiger partial charge < -0.3 is 10.1 Å². The molecule has 0 bridgehead atoms. The third-order valence-corrected chi connectivity index (χ3v) is 9.10. The Balaban J connectivity index is 1.71. The zero-order valence-corrected chi connectivity index (χ0v) is 22.9. The summed E-state index contributed by atoms with van der Waals surface area (Å²) < 4.78 is 75.0. The fourth-order valence-electron chi connectivity index (χ4n) is 4.72. The Morgan fingerprint density at radius 3 is 2.33 bits per heavy atom. The van der Waals surface area contributed by atoms with Crippen LogP contribution in [0.5, 0.6) is 5.75 Å². The monoisotopic (exact) mass is 580 g/mol. The summed E-state index contributed by atoms with van der Waals surface area (Å²) in [7, 11) is -4.42. The molecule has 1 heterocycles. The maximum atomic E-state index is 13.6. The Labute approximate surface area is 230 Å². The lowest BCUT2D eigenvalue weighted by molar-refractivity contribution is -0.137. The number of carbonyl (C=O) groups is 1. The van der Waals surface area contributed by atoms with Crippen molar-refractivity contribution in [3.8, 4) is 5.75 Å². The highest BCUT2D eigenvalue weighted by molar-refractivity contribution is 7.92. The predicted molar refractivity (Wildman–Crippen MR) is 143 cm³/mol. The van der Waals surface area contributed by atoms with Crippen LogP contribution in [-0.4, -0.2) is 26.5 Å². The van der Waals surface area contributed by atoms with Gasteiger partial charge in [0, 0.05) is 12.0 Å². The number of benzene rings is 3. The minimum Gasteiger partial charge on any atom is -0.487 e. The van der Waals surface area contributed by atoms with Crippen LogP contribution in [0.2, 0.25) is 5.02 Å². The molecule has 6 nitrogen and oxygen atoms in total. The normalized spacial score (nSPS) is 16.6. The van der Waals surface area contributed by atoms with Gasteiger partial charge in [-0.05, 0) is 49.2 Å². The van der Waals surface area contributed by atoms with Crippen LogP contribution >= 0.6 is 11.6 Å². The number of rotatable bonds is 8. The first-order valence-corrected chi connectivity index (χ1v) is 14.2. The lowest BCUT2D eigenvalue weighted by atomic mass is 9.83. The summed E-state index contributed by atoms with van der Waals surface area (Å²) in [5, 5.41) is 2.32. The van der Waals surface area contributed by atoms with Gasteiger partial charge in [0.25, 0.3) is 10.0 Å². The second-order valence-electron chi connectivity index (χ2n) is 9.34. The van der Waals surface area contributed by atoms with Crippen molar-refractivity contribution in [3.05, 3.63) is 88.9 Å². The van der Waals surface area contributed by atoms with E-state index in [1.807, 2.05) is 38.1 Å². The molecular formula is C28H28ClF3N2O4S. The van der Waals surface area contributed by atoms with Crippen molar-refractivity contribution in [1.29, 1.82) is 0 Å². The summed E-state index contributed by atoms with van der Waals surface area (Å²) in [6.07, 6.45) is -3.01. The Kier molecular flexibility index (Phi) is 8.18. The number of nitrogens with zero attached hydrogens (tertiary/aromatic N) is 1. The second kappa shape index (κ2) is 11.1. The number of ether oxygens (including phenoxy) is 1. The molecule has 0 aliphatic carbocycles. The molecule has 3 aromatic rings. The number of alkyl halides is 3. The van der Waals surface area contributed by atoms with E-state index in [1.54, 1.807) is 6.07 Å². The van der Waals surface area contributed by atoms with Crippen molar-refractivity contribution in [2.75, 3.05) is 10.8 Å². The standard InChI is InChI=1S/C28H28ClF3N2O4S/c1-3-27(4-2)17-24(21-12-8-9-13-25(21)38-27)33-26(35)18-34(39(36,37)20-10-6-5-7-11-20)19-14-15-23(29)22(16-19)28(30,31)32/h5-16,24H,3-4,17-18H2,1-2H3,(H,33,35). The first kappa shape index (κ1) is 28.8. The average Bonchev–Trinajstić information content (AvgIpc) is 2.91. The number of anilines is 1. The van der Waals surface area contributed by atoms with Crippen molar-refractivity contribution in [2.24, 2.45) is 0 Å². The van der Waals surface area contributed by atoms with Gasteiger partial charge in [-0.15, -0.1) is 0 Å². The number of halogens is 4. The highest BCUT2D eigenvalue weighted by atomic mass is 35.5. The summed E-state index contributed by atoms with van der Waals surface area (Å²) in [6.45, 7) is 3.23. The first-order chi connectivity index (χ1) is 18.4. The van der Waals surface area contributed by atoms with Gasteiger partial charge in [0.15, 0.2) is 0 Å². The highest BCUT2D eigenvalue weighted by Crippen LogP contribution is 2.43. The lowest BCUT2D eigenvalue weighted by Gasteiger charge is -2.41. The molecule has 1 atom stereocenters. The molecule has 3 aromatic carbocycles. The summed E-state index contributed by atoms with van der Waals surface area (Å²) >= 11 is 5.77. The van der Waals surface area contributed by atoms with Crippen LogP contribution < -0.4 is 14.4 Å². The lowest BCUT2D eigenvalue weighted by Crippen LogP contribution is -2.47. The Bertz CT molecular complexity index is 1440. The van der Waals surface area contributed by atoms with Gasteiger partial charge in [-0.3, -0.25) is 9.10 Å². The van der Waals surface area contributed by atoms with Crippen LogP contribution in [0, 0.1) is 0 Å². The number of hydrogen-bond acceptors (Lipinski definition) is 4. The number of para-hydroxylation sites is 1. The molecule has 11 heteroatoms. The SMILES string of the molecule is CCC1(CC)CC(NC(=O)CN(c2ccc(Cl)c(C(F)(F)F)c2)S(=O)(=O)c2ccccc2)c2ccccc2O1. The van der Waals surface area contributed by atoms with Crippen LogP contribution in [0.25, 0.3) is 0 Å². The molecule has 0 saturated heterocycles. The molecule has 1 unspecified atom stereocenters. The van der Waals surface area contributed by atoms with Crippen molar-refractivity contribution < 1.29 is 31.1 Å². The topological polar surface area (TPSA) is 75.7 Å². The van der Waals surface area contributed by atoms with Gasteiger partial charge in [0.05, 0.1) is 27.2 Å². The molecule has 0 spiro atoms. The Hall–Kier alpha value is -3.24. The molecule has 208 valence electrons. The van der Waals surface area contributed by atoms with E-state index >= 15 is 0 Å². The van der Waals surface area contributed by atoms with E-state index in [2.05, 4.69) is 5.32 Å². The summed E-state index contributed by atoms with van der Waals surface area (Å²) in [5.74, 6) is -0.0557. The second-order valence-corrected chi connectivity index (χ2v) is 11.6. The minimum absolute atomic E-state index is 0.172. The fraction of sp³-hybridized carbons (Fsp3) is 0.321. The quantitative estimate of drug-likeness (QED) is 0.320. The number of nitrogens with one attached hydrogen (secondary N) is 1. The minimum atomic E-state index is -4.83. The number of carbonyl (C=O) groups excluding carboxylic acids is 1. The third kappa shape index (κ3) is 6.01. The predicted octanol–water partition coefficient (Wildman–Crippen LogP) is 6.75. The molecule has 4 rings (SSSR count). The molecule has 0 saturated carbocycles. The van der Waals surface area contributed by atoms with E-state index in [4.69, 9.17) is 16.3 Å². The zero-order valence-electron chi connectivity index (χ0n) is 21.3. The van der Waals surface area contributed by atoms with E-state index in [9.17, 15) is 26.4 Å². The van der Waals surface area contributed by atoms with Gasteiger partial charge in [-0.25, -0.2) is 8.42 Å². The summed E-state index contributed by atoms with van der Waals surface area (Å²) in [5.41, 5.74) is -1.33. The molecule has 1 N–H and O–H groups in total. The largest absolute Gasteiger partial charge is 0.487 e. The van der Waals surface area contributed by atoms with Gasteiger partial charge in [0.1, 0.15) is 17.9 Å². The smallest absolute Gasteiger partial charge is 0.417 e. The van der Waals surface area contributed by atoms with E-state index < -0.39 is 50.9 Å². The number of fused-ring (bicyclic) bond motifs is 1. The van der Waals surface area contributed by atoms with Gasteiger partial charge in [-0.1, -0.05) is 61.8 Å². The zero-order chi connectivity index (χ0) is 28.4. The number of hydrogen-bond donors (Lipinski definition) is 1. The molecule has 1 aliphatic heterocycles. The van der Waals surface area contributed by atoms with E-state index in [0.717, 1.165) is 17.7 Å². The van der Waals surface area contributed by atoms with E-state index in [0.29, 0.717) is 35.4 Å². The molecule has 39 heavy (non-hydrogen) atoms. The van der Waals surface area contributed by atoms with Crippen LogP contribution in [0.4, 0.5) is 18.9 Å². The maximum absolute atomic E-state index is 13.6. The van der Waals surface area contributed by atoms with Crippen molar-refractivity contribution in [3.63, 3.8) is 0 Å². The van der Waals surface area contributed by atoms with Crippen LogP contribution in [0.1, 0.15) is 50.3 Å². The van der Waals surface area contributed by atoms with Crippen molar-refractivity contribution in [2.45, 2.75) is 55.8 Å². The maximum Gasteiger partial charge on any atom is 0.417 e. The molecular weight excluding hydrogens is 553 g/mol. The van der Waals surface area contributed by atoms with Gasteiger partial charge in [0.2, 0.25) is 5.91 Å². The number of amides is 1. The van der Waals surface area contributed by atoms with Crippen molar-refractivity contribution in [1.82, 2.24) is 5.32 Å². The van der Waals surface area contributed by atoms with E-state index in [-0.39, 0.29) is 10.6 Å². The summed E-state index contributed by atoms with van der Waals surface area (Å²) in [6, 6.07) is 16.7. The first-order valence-electron chi connectivity index (χ1n) is 12.4. The average molecular weight is 581 g/mol. The molecule has 0 fully saturated rings. The van der Waals surface area contributed by atoms with Crippen LogP contribution in [-0.2, 0) is 21.0 Å². The molecule has 0 radical (unpaired) electrons. The van der Waals surface area contributed by atoms with Gasteiger partial charge >= 0.3 is 6.18 Å². The third-order valence-electron chi connectivity index (χ3n) is 6.98. The molecule has 0 aromatic heterocycles. The van der Waals surface area contributed by atoms with Crippen molar-refractivity contribution >= 4 is 33.2 Å². The highest BCUT2D eigenvalue weighted by Gasteiger charge is 2.40. The number of sulfonamides is 1. The van der Waals surface area contributed by atoms with Gasteiger partial charge in [-0.2, -0.15) is 13.2 Å². The molecule has 1 amide bonds. The van der Waals surface area contributed by atoms with Crippen LogP contribution in [0.15, 0.2) is 77.7 Å². The fourth-order valence-corrected chi connectivity index (χ4v) is 6.38. The Morgan fingerprint density at radius 2 is 1.69 bits per heavy atom. The molecule has 1 aliphatic rings. The van der Waals surface area contributed by atoms with Crippen LogP contribution in [0.3, 0.4) is 0 Å². The summed E-state index contributed by atoms with van der Waals surface area (Å²) in [4.78, 5) is 13.2. The van der Waals surface area contributed by atoms with E-state index in [1.165, 1.54) is 24.3 Å². The Morgan fingerprint density at radius 1 is 1.05 bits per heavy atom.